The molecule has 0 spiro atoms. The number of aliphatic hydroxyl groups is 1. The van der Waals surface area contributed by atoms with E-state index in [9.17, 15) is 9.90 Å². The van der Waals surface area contributed by atoms with Crippen molar-refractivity contribution in [3.8, 4) is 0 Å². The molecule has 0 aromatic heterocycles. The maximum Gasteiger partial charge on any atom is 0.165 e. The zero-order valence-electron chi connectivity index (χ0n) is 29.6. The van der Waals surface area contributed by atoms with Gasteiger partial charge in [-0.2, -0.15) is 0 Å². The molecule has 0 bridgehead atoms. The van der Waals surface area contributed by atoms with Crippen LogP contribution in [0.15, 0.2) is 23.8 Å². The van der Waals surface area contributed by atoms with Gasteiger partial charge in [-0.3, -0.25) is 4.79 Å². The molecule has 51 heavy (non-hydrogen) atoms. The summed E-state index contributed by atoms with van der Waals surface area (Å²) < 4.78 is 21.1. The second-order valence-electron chi connectivity index (χ2n) is 12.2. The van der Waals surface area contributed by atoms with Gasteiger partial charge < -0.3 is 18.7 Å². The summed E-state index contributed by atoms with van der Waals surface area (Å²) in [7, 11) is 39.0. The first kappa shape index (κ1) is 58.8. The molecule has 20 unspecified atom stereocenters. The molecule has 0 fully saturated rings. The average Bonchev–Trinajstić information content (AvgIpc) is 3.02. The van der Waals surface area contributed by atoms with Gasteiger partial charge in [0.25, 0.3) is 0 Å². The van der Waals surface area contributed by atoms with E-state index in [1.807, 2.05) is 6.92 Å². The van der Waals surface area contributed by atoms with E-state index in [1.165, 1.54) is 5.57 Å². The van der Waals surface area contributed by atoms with Gasteiger partial charge in [0.1, 0.15) is 6.10 Å². The quantitative estimate of drug-likeness (QED) is 0.0771. The normalized spacial score (nSPS) is 23.5. The molecule has 1 N–H and O–H groups in total. The second kappa shape index (κ2) is 30.1. The van der Waals surface area contributed by atoms with E-state index in [4.69, 9.17) is 13.6 Å². The van der Waals surface area contributed by atoms with Crippen LogP contribution < -0.4 is 0 Å². The zero-order chi connectivity index (χ0) is 39.5. The van der Waals surface area contributed by atoms with Gasteiger partial charge in [0.2, 0.25) is 0 Å². The van der Waals surface area contributed by atoms with E-state index in [-0.39, 0.29) is 98.2 Å². The lowest BCUT2D eigenvalue weighted by Crippen LogP contribution is -2.47. The first-order valence-corrected chi connectivity index (χ1v) is 58.3. The van der Waals surface area contributed by atoms with Crippen molar-refractivity contribution in [3.63, 3.8) is 0 Å². The number of carbonyl (C=O) groups is 1. The lowest BCUT2D eigenvalue weighted by Gasteiger charge is -2.48. The number of rotatable bonds is 24. The summed E-state index contributed by atoms with van der Waals surface area (Å²) in [5.74, 6) is -0.400. The van der Waals surface area contributed by atoms with Gasteiger partial charge in [-0.1, -0.05) is 64.8 Å². The van der Waals surface area contributed by atoms with Crippen LogP contribution in [0.4, 0.5) is 0 Å². The Morgan fingerprint density at radius 3 is 1.96 bits per heavy atom. The van der Waals surface area contributed by atoms with Gasteiger partial charge >= 0.3 is 0 Å². The molecule has 0 saturated heterocycles. The van der Waals surface area contributed by atoms with Crippen molar-refractivity contribution in [1.82, 2.24) is 0 Å². The van der Waals surface area contributed by atoms with Crippen molar-refractivity contribution in [1.29, 1.82) is 0 Å². The van der Waals surface area contributed by atoms with Crippen LogP contribution in [0, 0.1) is 23.2 Å². The smallest absolute Gasteiger partial charge is 0.165 e. The van der Waals surface area contributed by atoms with E-state index in [0.717, 1.165) is 20.0 Å². The van der Waals surface area contributed by atoms with Crippen LogP contribution in [0.3, 0.4) is 0 Å². The van der Waals surface area contributed by atoms with Crippen LogP contribution in [0.1, 0.15) is 53.9 Å². The lowest BCUT2D eigenvalue weighted by molar-refractivity contribution is -0.131. The maximum absolute atomic E-state index is 14.5. The largest absolute Gasteiger partial charge is 0.396 e. The van der Waals surface area contributed by atoms with Crippen LogP contribution in [0.5, 0.6) is 0 Å². The Morgan fingerprint density at radius 1 is 0.961 bits per heavy atom. The van der Waals surface area contributed by atoms with Crippen molar-refractivity contribution in [2.45, 2.75) is 72.2 Å². The minimum absolute atomic E-state index is 0.0178. The van der Waals surface area contributed by atoms with E-state index in [1.54, 1.807) is 0 Å². The van der Waals surface area contributed by atoms with E-state index in [0.29, 0.717) is 12.8 Å². The number of ketones is 1. The topological polar surface area (TPSA) is 65.0 Å². The molecule has 0 aromatic carbocycles. The molecule has 0 radical (unpaired) electrons. The third-order valence-corrected chi connectivity index (χ3v) is 127. The molecule has 0 aliphatic heterocycles. The number of hydrogen-bond acceptors (Lipinski definition) is 5. The molecule has 0 amide bonds. The van der Waals surface area contributed by atoms with E-state index >= 15 is 0 Å². The minimum Gasteiger partial charge on any atom is -0.396 e. The van der Waals surface area contributed by atoms with Gasteiger partial charge in [0.05, 0.1) is 27.3 Å². The van der Waals surface area contributed by atoms with Gasteiger partial charge in [-0.05, 0) is 85.0 Å². The number of aliphatic hydroxyl groups excluding tert-OH is 1. The highest BCUT2D eigenvalue weighted by molar-refractivity contribution is 9.19. The predicted octanol–water partition coefficient (Wildman–Crippen LogP) is 17.7. The first-order valence-electron chi connectivity index (χ1n) is 15.2. The molecular weight excluding hydrogens is 1110 g/mol. The van der Waals surface area contributed by atoms with Gasteiger partial charge in [0.15, 0.2) is 5.78 Å². The molecule has 1 aliphatic rings. The van der Waals surface area contributed by atoms with Crippen LogP contribution in [0.2, 0.25) is 0 Å². The molecule has 1 rings (SSSR count). The summed E-state index contributed by atoms with van der Waals surface area (Å²) in [6.45, 7) is 12.8. The van der Waals surface area contributed by atoms with Crippen molar-refractivity contribution >= 4 is 209 Å². The molecule has 0 heterocycles. The Balaban J connectivity index is 3.71. The highest BCUT2D eigenvalue weighted by Crippen LogP contribution is 3.18. The average molecular weight is 1170 g/mol. The molecule has 25 atom stereocenters. The van der Waals surface area contributed by atoms with Crippen LogP contribution in [0.25, 0.3) is 0 Å². The van der Waals surface area contributed by atoms with Crippen molar-refractivity contribution in [2.75, 3.05) is 6.61 Å². The van der Waals surface area contributed by atoms with E-state index < -0.39 is 35.1 Å². The summed E-state index contributed by atoms with van der Waals surface area (Å²) in [6, 6.07) is 0. The fraction of sp³-hybridized carbons (Fsp3) is 0.762. The minimum atomic E-state index is -0.759. The van der Waals surface area contributed by atoms with Crippen molar-refractivity contribution in [2.24, 2.45) is 23.2 Å². The molecule has 0 aromatic rings. The Hall–Kier alpha value is 9.74. The standard InChI is InChI=1S/C21H61O5P25/c1-12(8-7-9-22)18(14(3)19(23)15(4)25-42(44(29)30)50(41-28)46(33)34)20(24-40-27)16-10-17(13(2)11-21(16,5)6)26-43(49(39)45(31)32)51(47(35)36)48(37)38/h11,14-18,20,22,40-41H,1,7-10,27-39H2,2-6H3/t14-,15+,16?,17-,18+,20+,42?,43?,49?,50?/m0/s1. The summed E-state index contributed by atoms with van der Waals surface area (Å²) in [4.78, 5) is 14.5. The second-order valence-corrected chi connectivity index (χ2v) is 96.7. The van der Waals surface area contributed by atoms with Crippen molar-refractivity contribution < 1.29 is 23.5 Å². The predicted molar refractivity (Wildman–Crippen MR) is 311 cm³/mol. The number of Topliss-reactive ketones (excluding diaryl/α,β-unsaturated/α-hetero) is 1. The third-order valence-electron chi connectivity index (χ3n) is 8.15. The molecule has 300 valence electrons. The van der Waals surface area contributed by atoms with Gasteiger partial charge in [0, 0.05) is 47.9 Å². The van der Waals surface area contributed by atoms with Gasteiger partial charge in [-0.15, -0.1) is 98.2 Å². The zero-order valence-corrected chi connectivity index (χ0v) is 55.6. The summed E-state index contributed by atoms with van der Waals surface area (Å²) in [5, 5.41) is 9.84. The fourth-order valence-electron chi connectivity index (χ4n) is 5.83. The highest BCUT2D eigenvalue weighted by atomic mass is 33.2. The Bertz CT molecular complexity index is 1090. The molecule has 30 heteroatoms. The van der Waals surface area contributed by atoms with E-state index in [2.05, 4.69) is 156 Å². The maximum atomic E-state index is 14.5. The highest BCUT2D eigenvalue weighted by Gasteiger charge is 2.48. The fourth-order valence-corrected chi connectivity index (χ4v) is 169. The van der Waals surface area contributed by atoms with Crippen molar-refractivity contribution in [3.05, 3.63) is 23.8 Å². The lowest BCUT2D eigenvalue weighted by atomic mass is 9.62. The van der Waals surface area contributed by atoms with Crippen LogP contribution in [-0.2, 0) is 18.4 Å². The Kier molecular flexibility index (Phi) is 34.7. The molecular formula is C21H61O5P25. The molecule has 1 aliphatic carbocycles. The summed E-state index contributed by atoms with van der Waals surface area (Å²) in [6.07, 6.45) is 3.69. The number of hydrogen-bond donors (Lipinski definition) is 1. The van der Waals surface area contributed by atoms with Crippen LogP contribution >= 0.6 is 203 Å². The summed E-state index contributed by atoms with van der Waals surface area (Å²) in [5.41, 5.74) is 2.07. The Morgan fingerprint density at radius 2 is 1.53 bits per heavy atom. The third kappa shape index (κ3) is 19.2. The SMILES string of the molecule is C=C(CCCO)[C@H]([C@H](C)C(=O)[C@@H](C)OP(P(P)P)P(PP)P(P)P)[C@H](OPP)C1C[C@H](OP(P(P)P(P)P)P(P(P)P)P(P)P)C(C)=CC1(C)C. The first-order chi connectivity index (χ1) is 23.6. The molecule has 5 nitrogen and oxygen atoms in total. The Labute approximate surface area is 355 Å². The summed E-state index contributed by atoms with van der Waals surface area (Å²) >= 11 is 0. The monoisotopic (exact) mass is 1170 g/mol. The van der Waals surface area contributed by atoms with Crippen LogP contribution in [-0.4, -0.2) is 35.8 Å². The number of allylic oxidation sites excluding steroid dienone is 1. The number of carbonyl (C=O) groups excluding carboxylic acids is 1. The van der Waals surface area contributed by atoms with Gasteiger partial charge in [-0.25, -0.2) is 0 Å². The molecule has 0 saturated carbocycles.